The minimum atomic E-state index is -3.53. The molecule has 1 unspecified atom stereocenters. The highest BCUT2D eigenvalue weighted by Gasteiger charge is 2.34. The van der Waals surface area contributed by atoms with Gasteiger partial charge in [0.05, 0.1) is 4.90 Å². The van der Waals surface area contributed by atoms with E-state index in [9.17, 15) is 8.42 Å². The molecule has 2 heterocycles. The minimum Gasteiger partial charge on any atom is -0.454 e. The molecule has 1 aromatic rings. The third-order valence-corrected chi connectivity index (χ3v) is 6.27. The number of nitrogens with one attached hydrogen (secondary N) is 1. The molecule has 0 radical (unpaired) electrons. The normalized spacial score (nSPS) is 21.0. The monoisotopic (exact) mass is 362 g/mol. The van der Waals surface area contributed by atoms with E-state index in [4.69, 9.17) is 9.47 Å². The third-order valence-electron chi connectivity index (χ3n) is 4.17. The Labute approximate surface area is 143 Å². The lowest BCUT2D eigenvalue weighted by Crippen LogP contribution is -2.53. The van der Waals surface area contributed by atoms with Gasteiger partial charge in [0.15, 0.2) is 11.5 Å². The van der Waals surface area contributed by atoms with Crippen LogP contribution in [0.4, 0.5) is 0 Å². The van der Waals surface area contributed by atoms with E-state index in [2.05, 4.69) is 12.2 Å². The van der Waals surface area contributed by atoms with Crippen molar-refractivity contribution >= 4 is 22.4 Å². The van der Waals surface area contributed by atoms with Crippen LogP contribution in [-0.2, 0) is 10.0 Å². The number of aryl methyl sites for hydroxylation is 1. The molecule has 0 spiro atoms. The van der Waals surface area contributed by atoms with Crippen molar-refractivity contribution < 1.29 is 17.9 Å². The molecule has 6 nitrogen and oxygen atoms in total. The summed E-state index contributed by atoms with van der Waals surface area (Å²) in [5.74, 6) is 1.12. The van der Waals surface area contributed by atoms with E-state index in [-0.39, 0.29) is 25.2 Å². The Kier molecular flexibility index (Phi) is 5.78. The van der Waals surface area contributed by atoms with Gasteiger partial charge in [-0.1, -0.05) is 13.3 Å². The van der Waals surface area contributed by atoms with Crippen molar-refractivity contribution in [2.45, 2.75) is 37.6 Å². The Morgan fingerprint density at radius 1 is 1.30 bits per heavy atom. The lowest BCUT2D eigenvalue weighted by atomic mass is 10.1. The first-order valence-corrected chi connectivity index (χ1v) is 9.11. The maximum absolute atomic E-state index is 13.1. The molecule has 2 aliphatic rings. The van der Waals surface area contributed by atoms with Gasteiger partial charge in [0.1, 0.15) is 0 Å². The number of sulfonamides is 1. The van der Waals surface area contributed by atoms with Gasteiger partial charge in [-0.3, -0.25) is 0 Å². The molecule has 1 saturated heterocycles. The lowest BCUT2D eigenvalue weighted by Gasteiger charge is -2.35. The van der Waals surface area contributed by atoms with Gasteiger partial charge in [-0.15, -0.1) is 12.4 Å². The van der Waals surface area contributed by atoms with Crippen LogP contribution in [0.25, 0.3) is 0 Å². The fraction of sp³-hybridized carbons (Fsp3) is 0.600. The van der Waals surface area contributed by atoms with Crippen molar-refractivity contribution in [3.8, 4) is 11.5 Å². The van der Waals surface area contributed by atoms with Crippen molar-refractivity contribution in [2.24, 2.45) is 0 Å². The Hall–Kier alpha value is -1.02. The summed E-state index contributed by atoms with van der Waals surface area (Å²) < 4.78 is 38.5. The molecule has 0 bridgehead atoms. The number of benzene rings is 1. The summed E-state index contributed by atoms with van der Waals surface area (Å²) in [6, 6.07) is 3.35. The number of fused-ring (bicyclic) bond motifs is 1. The molecule has 2 aliphatic heterocycles. The average molecular weight is 363 g/mol. The van der Waals surface area contributed by atoms with Crippen molar-refractivity contribution in [2.75, 3.05) is 26.4 Å². The van der Waals surface area contributed by atoms with Crippen molar-refractivity contribution in [1.29, 1.82) is 0 Å². The lowest BCUT2D eigenvalue weighted by molar-refractivity contribution is 0.174. The maximum atomic E-state index is 13.1. The molecule has 1 fully saturated rings. The van der Waals surface area contributed by atoms with Crippen LogP contribution in [0.15, 0.2) is 17.0 Å². The number of ether oxygens (including phenoxy) is 2. The molecule has 0 amide bonds. The van der Waals surface area contributed by atoms with Crippen LogP contribution >= 0.6 is 12.4 Å². The van der Waals surface area contributed by atoms with Crippen LogP contribution in [0.1, 0.15) is 25.3 Å². The molecule has 0 aromatic heterocycles. The zero-order valence-corrected chi connectivity index (χ0v) is 15.0. The zero-order valence-electron chi connectivity index (χ0n) is 13.4. The first-order chi connectivity index (χ1) is 10.5. The number of hydrogen-bond acceptors (Lipinski definition) is 5. The molecular weight excluding hydrogens is 340 g/mol. The first kappa shape index (κ1) is 18.3. The van der Waals surface area contributed by atoms with Crippen LogP contribution in [0.2, 0.25) is 0 Å². The molecular formula is C15H23ClN2O4S. The number of nitrogens with zero attached hydrogens (tertiary/aromatic N) is 1. The molecule has 130 valence electrons. The van der Waals surface area contributed by atoms with E-state index in [1.807, 2.05) is 0 Å². The minimum absolute atomic E-state index is 0. The van der Waals surface area contributed by atoms with E-state index < -0.39 is 10.0 Å². The number of rotatable bonds is 4. The van der Waals surface area contributed by atoms with Crippen molar-refractivity contribution in [3.05, 3.63) is 17.7 Å². The van der Waals surface area contributed by atoms with Crippen LogP contribution in [0, 0.1) is 6.92 Å². The summed E-state index contributed by atoms with van der Waals surface area (Å²) in [6.07, 6.45) is 1.81. The van der Waals surface area contributed by atoms with Crippen molar-refractivity contribution in [1.82, 2.24) is 9.62 Å². The second-order valence-electron chi connectivity index (χ2n) is 5.73. The average Bonchev–Trinajstić information content (AvgIpc) is 2.94. The SMILES string of the molecule is CCCC1CNCCN1S(=O)(=O)c1cc2c(cc1C)OCO2.Cl. The molecule has 1 aromatic carbocycles. The number of hydrogen-bond donors (Lipinski definition) is 1. The maximum Gasteiger partial charge on any atom is 0.243 e. The second kappa shape index (κ2) is 7.25. The molecule has 1 atom stereocenters. The molecule has 8 heteroatoms. The number of piperazine rings is 1. The molecule has 23 heavy (non-hydrogen) atoms. The van der Waals surface area contributed by atoms with E-state index in [0.29, 0.717) is 41.6 Å². The highest BCUT2D eigenvalue weighted by atomic mass is 35.5. The topological polar surface area (TPSA) is 67.9 Å². The summed E-state index contributed by atoms with van der Waals surface area (Å²) in [5, 5.41) is 3.28. The van der Waals surface area contributed by atoms with Gasteiger partial charge in [-0.2, -0.15) is 4.31 Å². The van der Waals surface area contributed by atoms with Gasteiger partial charge in [0, 0.05) is 31.7 Å². The predicted octanol–water partition coefficient (Wildman–Crippen LogP) is 1.91. The fourth-order valence-corrected chi connectivity index (χ4v) is 4.95. The van der Waals surface area contributed by atoms with Crippen LogP contribution in [0.5, 0.6) is 11.5 Å². The van der Waals surface area contributed by atoms with Gasteiger partial charge in [0.2, 0.25) is 16.8 Å². The quantitative estimate of drug-likeness (QED) is 0.886. The fourth-order valence-electron chi connectivity index (χ4n) is 3.07. The Bertz CT molecular complexity index is 664. The summed E-state index contributed by atoms with van der Waals surface area (Å²) in [4.78, 5) is 0.319. The number of halogens is 1. The van der Waals surface area contributed by atoms with Crippen LogP contribution in [-0.4, -0.2) is 45.2 Å². The Morgan fingerprint density at radius 2 is 2.00 bits per heavy atom. The van der Waals surface area contributed by atoms with E-state index >= 15 is 0 Å². The van der Waals surface area contributed by atoms with E-state index in [0.717, 1.165) is 12.8 Å². The van der Waals surface area contributed by atoms with Crippen molar-refractivity contribution in [3.63, 3.8) is 0 Å². The summed E-state index contributed by atoms with van der Waals surface area (Å²) in [6.45, 7) is 5.90. The molecule has 0 saturated carbocycles. The molecule has 3 rings (SSSR count). The highest BCUT2D eigenvalue weighted by Crippen LogP contribution is 2.37. The Morgan fingerprint density at radius 3 is 2.70 bits per heavy atom. The second-order valence-corrected chi connectivity index (χ2v) is 7.59. The zero-order chi connectivity index (χ0) is 15.7. The van der Waals surface area contributed by atoms with E-state index in [1.54, 1.807) is 23.4 Å². The van der Waals surface area contributed by atoms with Gasteiger partial charge in [-0.25, -0.2) is 8.42 Å². The largest absolute Gasteiger partial charge is 0.454 e. The highest BCUT2D eigenvalue weighted by molar-refractivity contribution is 7.89. The van der Waals surface area contributed by atoms with Crippen LogP contribution < -0.4 is 14.8 Å². The third kappa shape index (κ3) is 3.42. The first-order valence-electron chi connectivity index (χ1n) is 7.67. The summed E-state index contributed by atoms with van der Waals surface area (Å²) in [5.41, 5.74) is 0.693. The molecule has 0 aliphatic carbocycles. The van der Waals surface area contributed by atoms with Gasteiger partial charge < -0.3 is 14.8 Å². The predicted molar refractivity (Wildman–Crippen MR) is 90.0 cm³/mol. The van der Waals surface area contributed by atoms with Gasteiger partial charge in [-0.05, 0) is 25.0 Å². The standard InChI is InChI=1S/C15H22N2O4S.ClH/c1-3-4-12-9-16-5-6-17(12)22(18,19)15-8-14-13(7-11(15)2)20-10-21-14;/h7-8,12,16H,3-6,9-10H2,1-2H3;1H. The van der Waals surface area contributed by atoms with Gasteiger partial charge in [0.25, 0.3) is 0 Å². The summed E-state index contributed by atoms with van der Waals surface area (Å²) >= 11 is 0. The smallest absolute Gasteiger partial charge is 0.243 e. The Balaban J connectivity index is 0.00000192. The summed E-state index contributed by atoms with van der Waals surface area (Å²) in [7, 11) is -3.53. The van der Waals surface area contributed by atoms with Gasteiger partial charge >= 0.3 is 0 Å². The molecule has 1 N–H and O–H groups in total. The van der Waals surface area contributed by atoms with Crippen LogP contribution in [0.3, 0.4) is 0 Å². The van der Waals surface area contributed by atoms with E-state index in [1.165, 1.54) is 0 Å².